The summed E-state index contributed by atoms with van der Waals surface area (Å²) in [7, 11) is 0. The van der Waals surface area contributed by atoms with Crippen LogP contribution in [0.3, 0.4) is 0 Å². The Labute approximate surface area is 88.1 Å². The molecule has 80 valence electrons. The van der Waals surface area contributed by atoms with Gasteiger partial charge in [-0.05, 0) is 5.56 Å². The number of halogens is 4. The average molecular weight is 237 g/mol. The standard InChI is InChI=1S/C8H4ClF3N2O/c9-2-5-1-7(15-8(10,11)12)14-4-6(5)3-13/h1,4H,2H2. The van der Waals surface area contributed by atoms with Crippen molar-refractivity contribution < 1.29 is 17.9 Å². The number of nitriles is 1. The van der Waals surface area contributed by atoms with Gasteiger partial charge in [-0.25, -0.2) is 4.98 Å². The zero-order valence-corrected chi connectivity index (χ0v) is 7.93. The molecule has 1 heterocycles. The molecule has 0 atom stereocenters. The maximum Gasteiger partial charge on any atom is 0.574 e. The molecular weight excluding hydrogens is 233 g/mol. The third kappa shape index (κ3) is 3.29. The van der Waals surface area contributed by atoms with Crippen molar-refractivity contribution in [2.45, 2.75) is 12.2 Å². The first-order chi connectivity index (χ1) is 6.96. The van der Waals surface area contributed by atoms with E-state index in [1.807, 2.05) is 0 Å². The SMILES string of the molecule is N#Cc1cnc(OC(F)(F)F)cc1CCl. The minimum atomic E-state index is -4.80. The quantitative estimate of drug-likeness (QED) is 0.742. The first-order valence-electron chi connectivity index (χ1n) is 3.67. The van der Waals surface area contributed by atoms with E-state index in [9.17, 15) is 13.2 Å². The van der Waals surface area contributed by atoms with Crippen LogP contribution >= 0.6 is 11.6 Å². The molecule has 1 aromatic heterocycles. The number of hydrogen-bond donors (Lipinski definition) is 0. The first-order valence-corrected chi connectivity index (χ1v) is 4.20. The van der Waals surface area contributed by atoms with Crippen LogP contribution in [-0.2, 0) is 5.88 Å². The fourth-order valence-electron chi connectivity index (χ4n) is 0.861. The molecular formula is C8H4ClF3N2O. The van der Waals surface area contributed by atoms with Crippen LogP contribution in [0, 0.1) is 11.3 Å². The van der Waals surface area contributed by atoms with Gasteiger partial charge in [0.05, 0.1) is 5.56 Å². The topological polar surface area (TPSA) is 45.9 Å². The first kappa shape index (κ1) is 11.6. The van der Waals surface area contributed by atoms with E-state index in [-0.39, 0.29) is 17.0 Å². The number of aromatic nitrogens is 1. The highest BCUT2D eigenvalue weighted by atomic mass is 35.5. The molecule has 15 heavy (non-hydrogen) atoms. The molecule has 0 fully saturated rings. The largest absolute Gasteiger partial charge is 0.574 e. The lowest BCUT2D eigenvalue weighted by molar-refractivity contribution is -0.276. The molecule has 0 radical (unpaired) electrons. The second-order valence-corrected chi connectivity index (χ2v) is 2.74. The van der Waals surface area contributed by atoms with Gasteiger partial charge in [0.15, 0.2) is 0 Å². The average Bonchev–Trinajstić information content (AvgIpc) is 2.15. The van der Waals surface area contributed by atoms with E-state index in [1.165, 1.54) is 0 Å². The Bertz CT molecular complexity index is 400. The van der Waals surface area contributed by atoms with Crippen molar-refractivity contribution in [1.29, 1.82) is 5.26 Å². The number of ether oxygens (including phenoxy) is 1. The van der Waals surface area contributed by atoms with Crippen LogP contribution in [0.2, 0.25) is 0 Å². The van der Waals surface area contributed by atoms with Crippen LogP contribution in [-0.4, -0.2) is 11.3 Å². The van der Waals surface area contributed by atoms with Crippen LogP contribution in [0.4, 0.5) is 13.2 Å². The van der Waals surface area contributed by atoms with Gasteiger partial charge in [0.25, 0.3) is 0 Å². The maximum atomic E-state index is 11.8. The van der Waals surface area contributed by atoms with Crippen molar-refractivity contribution in [3.63, 3.8) is 0 Å². The van der Waals surface area contributed by atoms with Gasteiger partial charge >= 0.3 is 6.36 Å². The van der Waals surface area contributed by atoms with Gasteiger partial charge in [-0.3, -0.25) is 0 Å². The van der Waals surface area contributed by atoms with Gasteiger partial charge in [-0.1, -0.05) is 0 Å². The molecule has 0 N–H and O–H groups in total. The van der Waals surface area contributed by atoms with Gasteiger partial charge in [-0.2, -0.15) is 5.26 Å². The molecule has 0 aliphatic heterocycles. The Balaban J connectivity index is 3.00. The molecule has 0 aromatic carbocycles. The Kier molecular flexibility index (Phi) is 3.37. The van der Waals surface area contributed by atoms with Crippen LogP contribution < -0.4 is 4.74 Å². The lowest BCUT2D eigenvalue weighted by Gasteiger charge is -2.08. The predicted octanol–water partition coefficient (Wildman–Crippen LogP) is 2.59. The summed E-state index contributed by atoms with van der Waals surface area (Å²) in [6.07, 6.45) is -3.82. The third-order valence-corrected chi connectivity index (χ3v) is 1.74. The molecule has 1 aromatic rings. The molecule has 0 spiro atoms. The zero-order valence-electron chi connectivity index (χ0n) is 7.18. The summed E-state index contributed by atoms with van der Waals surface area (Å²) >= 11 is 5.44. The van der Waals surface area contributed by atoms with Crippen molar-refractivity contribution in [2.24, 2.45) is 0 Å². The maximum absolute atomic E-state index is 11.8. The fourth-order valence-corrected chi connectivity index (χ4v) is 1.08. The second kappa shape index (κ2) is 4.36. The summed E-state index contributed by atoms with van der Waals surface area (Å²) in [5.41, 5.74) is 0.368. The minimum Gasteiger partial charge on any atom is -0.388 e. The van der Waals surface area contributed by atoms with Crippen molar-refractivity contribution >= 4 is 11.6 Å². The third-order valence-electron chi connectivity index (χ3n) is 1.45. The lowest BCUT2D eigenvalue weighted by Crippen LogP contribution is -2.18. The fraction of sp³-hybridized carbons (Fsp3) is 0.250. The number of hydrogen-bond acceptors (Lipinski definition) is 3. The highest BCUT2D eigenvalue weighted by Crippen LogP contribution is 2.23. The smallest absolute Gasteiger partial charge is 0.388 e. The van der Waals surface area contributed by atoms with Crippen molar-refractivity contribution in [3.8, 4) is 11.9 Å². The van der Waals surface area contributed by atoms with Gasteiger partial charge in [0.2, 0.25) is 5.88 Å². The predicted molar refractivity (Wildman–Crippen MR) is 45.2 cm³/mol. The Morgan fingerprint density at radius 2 is 2.20 bits per heavy atom. The summed E-state index contributed by atoms with van der Waals surface area (Å²) in [6.45, 7) is 0. The molecule has 7 heteroatoms. The minimum absolute atomic E-state index is 0.0837. The lowest BCUT2D eigenvalue weighted by atomic mass is 10.2. The summed E-state index contributed by atoms with van der Waals surface area (Å²) in [5.74, 6) is -0.711. The Morgan fingerprint density at radius 3 is 2.67 bits per heavy atom. The number of nitrogens with zero attached hydrogens (tertiary/aromatic N) is 2. The summed E-state index contributed by atoms with van der Waals surface area (Å²) in [6, 6.07) is 2.74. The van der Waals surface area contributed by atoms with Crippen molar-refractivity contribution in [1.82, 2.24) is 4.98 Å². The van der Waals surface area contributed by atoms with Crippen LogP contribution in [0.25, 0.3) is 0 Å². The summed E-state index contributed by atoms with van der Waals surface area (Å²) in [4.78, 5) is 3.32. The summed E-state index contributed by atoms with van der Waals surface area (Å²) in [5, 5.41) is 8.56. The van der Waals surface area contributed by atoms with Crippen LogP contribution in [0.5, 0.6) is 5.88 Å². The van der Waals surface area contributed by atoms with Gasteiger partial charge in [-0.15, -0.1) is 24.8 Å². The Hall–Kier alpha value is -1.48. The van der Waals surface area contributed by atoms with Crippen molar-refractivity contribution in [2.75, 3.05) is 0 Å². The van der Waals surface area contributed by atoms with E-state index in [4.69, 9.17) is 16.9 Å². The molecule has 0 aliphatic rings. The molecule has 0 saturated carbocycles. The number of pyridine rings is 1. The van der Waals surface area contributed by atoms with E-state index < -0.39 is 12.2 Å². The highest BCUT2D eigenvalue weighted by molar-refractivity contribution is 6.17. The van der Waals surface area contributed by atoms with Crippen molar-refractivity contribution in [3.05, 3.63) is 23.4 Å². The summed E-state index contributed by atoms with van der Waals surface area (Å²) < 4.78 is 39.0. The van der Waals surface area contributed by atoms with E-state index >= 15 is 0 Å². The monoisotopic (exact) mass is 236 g/mol. The molecule has 1 rings (SSSR count). The van der Waals surface area contributed by atoms with E-state index in [0.29, 0.717) is 0 Å². The second-order valence-electron chi connectivity index (χ2n) is 2.47. The normalized spacial score (nSPS) is 10.9. The molecule has 0 saturated heterocycles. The highest BCUT2D eigenvalue weighted by Gasteiger charge is 2.31. The molecule has 0 bridgehead atoms. The number of rotatable bonds is 2. The van der Waals surface area contributed by atoms with Gasteiger partial charge in [0.1, 0.15) is 6.07 Å². The molecule has 3 nitrogen and oxygen atoms in total. The Morgan fingerprint density at radius 1 is 1.53 bits per heavy atom. The molecule has 0 unspecified atom stereocenters. The molecule has 0 amide bonds. The van der Waals surface area contributed by atoms with Gasteiger partial charge < -0.3 is 4.74 Å². The van der Waals surface area contributed by atoms with E-state index in [1.54, 1.807) is 6.07 Å². The zero-order chi connectivity index (χ0) is 11.5. The van der Waals surface area contributed by atoms with Gasteiger partial charge in [0, 0.05) is 18.1 Å². The number of alkyl halides is 4. The van der Waals surface area contributed by atoms with Crippen LogP contribution in [0.1, 0.15) is 11.1 Å². The van der Waals surface area contributed by atoms with E-state index in [2.05, 4.69) is 9.72 Å². The van der Waals surface area contributed by atoms with Crippen LogP contribution in [0.15, 0.2) is 12.3 Å². The van der Waals surface area contributed by atoms with E-state index in [0.717, 1.165) is 12.3 Å². The molecule has 0 aliphatic carbocycles.